The van der Waals surface area contributed by atoms with Gasteiger partial charge >= 0.3 is 0 Å². The van der Waals surface area contributed by atoms with E-state index >= 15 is 0 Å². The summed E-state index contributed by atoms with van der Waals surface area (Å²) >= 11 is 0. The summed E-state index contributed by atoms with van der Waals surface area (Å²) in [6.07, 6.45) is 2.68. The molecule has 4 nitrogen and oxygen atoms in total. The van der Waals surface area contributed by atoms with Crippen molar-refractivity contribution in [3.63, 3.8) is 0 Å². The summed E-state index contributed by atoms with van der Waals surface area (Å²) in [6.45, 7) is 8.39. The van der Waals surface area contributed by atoms with Crippen LogP contribution >= 0.6 is 0 Å². The van der Waals surface area contributed by atoms with Crippen LogP contribution in [0.3, 0.4) is 0 Å². The molecule has 1 N–H and O–H groups in total. The highest BCUT2D eigenvalue weighted by molar-refractivity contribution is 5.82. The first-order valence-corrected chi connectivity index (χ1v) is 6.47. The van der Waals surface area contributed by atoms with Gasteiger partial charge in [0, 0.05) is 18.5 Å². The number of nitrogens with zero attached hydrogens (tertiary/aromatic N) is 1. The Bertz CT molecular complexity index is 289. The Hall–Kier alpha value is -0.900. The third-order valence-electron chi connectivity index (χ3n) is 3.25. The van der Waals surface area contributed by atoms with Gasteiger partial charge in [-0.15, -0.1) is 0 Å². The molecule has 0 aliphatic carbocycles. The molecule has 0 saturated carbocycles. The lowest BCUT2D eigenvalue weighted by molar-refractivity contribution is -0.127. The van der Waals surface area contributed by atoms with Gasteiger partial charge in [0.25, 0.3) is 0 Å². The van der Waals surface area contributed by atoms with Gasteiger partial charge in [-0.05, 0) is 47.1 Å². The molecule has 17 heavy (non-hydrogen) atoms. The van der Waals surface area contributed by atoms with Crippen LogP contribution in [0, 0.1) is 0 Å². The van der Waals surface area contributed by atoms with Crippen LogP contribution in [0.1, 0.15) is 47.0 Å². The van der Waals surface area contributed by atoms with Crippen LogP contribution in [0.15, 0.2) is 0 Å². The van der Waals surface area contributed by atoms with Crippen LogP contribution in [-0.4, -0.2) is 41.3 Å². The van der Waals surface area contributed by atoms with E-state index in [2.05, 4.69) is 10.2 Å². The standard InChI is InChI=1S/C13H24N2O2/c1-9(2)14-13(17)11(4)15-7-5-6-12(15)8-10(3)16/h9,11-12H,5-8H2,1-4H3,(H,14,17). The number of hydrogen-bond acceptors (Lipinski definition) is 3. The van der Waals surface area contributed by atoms with Gasteiger partial charge < -0.3 is 5.32 Å². The van der Waals surface area contributed by atoms with Crippen molar-refractivity contribution in [1.29, 1.82) is 0 Å². The quantitative estimate of drug-likeness (QED) is 0.789. The van der Waals surface area contributed by atoms with E-state index in [9.17, 15) is 9.59 Å². The molecule has 0 spiro atoms. The molecule has 1 fully saturated rings. The molecule has 0 aromatic heterocycles. The van der Waals surface area contributed by atoms with Crippen LogP contribution in [0.2, 0.25) is 0 Å². The van der Waals surface area contributed by atoms with Gasteiger partial charge in [-0.1, -0.05) is 0 Å². The molecule has 1 saturated heterocycles. The predicted octanol–water partition coefficient (Wildman–Crippen LogP) is 1.34. The van der Waals surface area contributed by atoms with Crippen LogP contribution in [0.4, 0.5) is 0 Å². The molecular weight excluding hydrogens is 216 g/mol. The summed E-state index contributed by atoms with van der Waals surface area (Å²) < 4.78 is 0. The highest BCUT2D eigenvalue weighted by atomic mass is 16.2. The lowest BCUT2D eigenvalue weighted by Gasteiger charge is -2.29. The molecule has 1 heterocycles. The Morgan fingerprint density at radius 3 is 2.53 bits per heavy atom. The number of nitrogens with one attached hydrogen (secondary N) is 1. The molecule has 1 aliphatic heterocycles. The van der Waals surface area contributed by atoms with E-state index in [0.717, 1.165) is 19.4 Å². The number of likely N-dealkylation sites (tertiary alicyclic amines) is 1. The topological polar surface area (TPSA) is 49.4 Å². The fourth-order valence-electron chi connectivity index (χ4n) is 2.47. The Kier molecular flexibility index (Phi) is 5.12. The Labute approximate surface area is 104 Å². The van der Waals surface area contributed by atoms with Gasteiger partial charge in [-0.2, -0.15) is 0 Å². The van der Waals surface area contributed by atoms with Crippen molar-refractivity contribution in [2.45, 2.75) is 65.1 Å². The lowest BCUT2D eigenvalue weighted by atomic mass is 10.1. The van der Waals surface area contributed by atoms with Gasteiger partial charge in [-0.25, -0.2) is 0 Å². The smallest absolute Gasteiger partial charge is 0.237 e. The number of hydrogen-bond donors (Lipinski definition) is 1. The third-order valence-corrected chi connectivity index (χ3v) is 3.25. The Balaban J connectivity index is 2.57. The van der Waals surface area contributed by atoms with Crippen molar-refractivity contribution >= 4 is 11.7 Å². The molecule has 1 aliphatic rings. The fourth-order valence-corrected chi connectivity index (χ4v) is 2.47. The van der Waals surface area contributed by atoms with Crippen molar-refractivity contribution in [1.82, 2.24) is 10.2 Å². The SMILES string of the molecule is CC(=O)CC1CCCN1C(C)C(=O)NC(C)C. The number of amides is 1. The summed E-state index contributed by atoms with van der Waals surface area (Å²) in [6, 6.07) is 0.281. The minimum atomic E-state index is -0.135. The van der Waals surface area contributed by atoms with Crippen LogP contribution in [0.25, 0.3) is 0 Å². The fraction of sp³-hybridized carbons (Fsp3) is 0.846. The summed E-state index contributed by atoms with van der Waals surface area (Å²) in [5.74, 6) is 0.272. The van der Waals surface area contributed by atoms with Crippen LogP contribution in [0.5, 0.6) is 0 Å². The first-order valence-electron chi connectivity index (χ1n) is 6.47. The summed E-state index contributed by atoms with van der Waals surface area (Å²) in [7, 11) is 0. The summed E-state index contributed by atoms with van der Waals surface area (Å²) in [5, 5.41) is 2.93. The van der Waals surface area contributed by atoms with E-state index in [0.29, 0.717) is 6.42 Å². The van der Waals surface area contributed by atoms with E-state index in [4.69, 9.17) is 0 Å². The van der Waals surface area contributed by atoms with Crippen molar-refractivity contribution in [3.8, 4) is 0 Å². The van der Waals surface area contributed by atoms with Gasteiger partial charge in [0.1, 0.15) is 5.78 Å². The van der Waals surface area contributed by atoms with Gasteiger partial charge in [0.15, 0.2) is 0 Å². The van der Waals surface area contributed by atoms with Gasteiger partial charge in [-0.3, -0.25) is 14.5 Å². The van der Waals surface area contributed by atoms with Crippen molar-refractivity contribution in [2.24, 2.45) is 0 Å². The molecule has 4 heteroatoms. The third kappa shape index (κ3) is 4.11. The average molecular weight is 240 g/mol. The Morgan fingerprint density at radius 1 is 1.35 bits per heavy atom. The van der Waals surface area contributed by atoms with E-state index in [1.165, 1.54) is 0 Å². The second-order valence-corrected chi connectivity index (χ2v) is 5.28. The molecule has 1 amide bonds. The zero-order valence-electron chi connectivity index (χ0n) is 11.3. The number of ketones is 1. The monoisotopic (exact) mass is 240 g/mol. The van der Waals surface area contributed by atoms with Crippen molar-refractivity contribution in [3.05, 3.63) is 0 Å². The van der Waals surface area contributed by atoms with Crippen LogP contribution < -0.4 is 5.32 Å². The van der Waals surface area contributed by atoms with Gasteiger partial charge in [0.2, 0.25) is 5.91 Å². The number of carbonyl (C=O) groups excluding carboxylic acids is 2. The minimum absolute atomic E-state index is 0.0652. The Morgan fingerprint density at radius 2 is 2.00 bits per heavy atom. The van der Waals surface area contributed by atoms with Crippen molar-refractivity contribution < 1.29 is 9.59 Å². The molecule has 2 atom stereocenters. The second-order valence-electron chi connectivity index (χ2n) is 5.28. The maximum absolute atomic E-state index is 11.9. The lowest BCUT2D eigenvalue weighted by Crippen LogP contribution is -2.49. The molecule has 0 bridgehead atoms. The molecule has 0 aromatic rings. The second kappa shape index (κ2) is 6.15. The molecule has 98 valence electrons. The van der Waals surface area contributed by atoms with E-state index in [-0.39, 0.29) is 29.8 Å². The van der Waals surface area contributed by atoms with E-state index < -0.39 is 0 Å². The maximum atomic E-state index is 11.9. The first-order chi connectivity index (χ1) is 7.91. The number of rotatable bonds is 5. The highest BCUT2D eigenvalue weighted by Gasteiger charge is 2.32. The predicted molar refractivity (Wildman–Crippen MR) is 67.8 cm³/mol. The van der Waals surface area contributed by atoms with Gasteiger partial charge in [0.05, 0.1) is 6.04 Å². The molecule has 1 rings (SSSR count). The molecular formula is C13H24N2O2. The van der Waals surface area contributed by atoms with Crippen LogP contribution in [-0.2, 0) is 9.59 Å². The zero-order valence-corrected chi connectivity index (χ0v) is 11.3. The van der Waals surface area contributed by atoms with E-state index in [1.807, 2.05) is 20.8 Å². The average Bonchev–Trinajstić information content (AvgIpc) is 2.62. The number of carbonyl (C=O) groups is 2. The van der Waals surface area contributed by atoms with E-state index in [1.54, 1.807) is 6.92 Å². The molecule has 0 aromatic carbocycles. The molecule has 2 unspecified atom stereocenters. The first kappa shape index (κ1) is 14.2. The molecule has 0 radical (unpaired) electrons. The number of Topliss-reactive ketones (excluding diaryl/α,β-unsaturated/α-hetero) is 1. The van der Waals surface area contributed by atoms with Crippen molar-refractivity contribution in [2.75, 3.05) is 6.54 Å². The minimum Gasteiger partial charge on any atom is -0.353 e. The largest absolute Gasteiger partial charge is 0.353 e. The summed E-state index contributed by atoms with van der Waals surface area (Å²) in [4.78, 5) is 25.3. The summed E-state index contributed by atoms with van der Waals surface area (Å²) in [5.41, 5.74) is 0. The zero-order chi connectivity index (χ0) is 13.0. The maximum Gasteiger partial charge on any atom is 0.237 e. The highest BCUT2D eigenvalue weighted by Crippen LogP contribution is 2.22. The normalized spacial score (nSPS) is 22.8.